The second kappa shape index (κ2) is 3.80. The van der Waals surface area contributed by atoms with Crippen LogP contribution in [0.2, 0.25) is 0 Å². The molecule has 0 unspecified atom stereocenters. The highest BCUT2D eigenvalue weighted by atomic mass is 16.6. The van der Waals surface area contributed by atoms with Crippen LogP contribution < -0.4 is 0 Å². The van der Waals surface area contributed by atoms with Crippen LogP contribution in [0, 0.1) is 17.0 Å². The summed E-state index contributed by atoms with van der Waals surface area (Å²) in [6.07, 6.45) is 0.411. The molecule has 0 aromatic carbocycles. The minimum Gasteiger partial charge on any atom is -0.265 e. The van der Waals surface area contributed by atoms with Crippen LogP contribution in [0.4, 0.5) is 0 Å². The van der Waals surface area contributed by atoms with E-state index in [0.29, 0.717) is 6.42 Å². The van der Waals surface area contributed by atoms with Gasteiger partial charge < -0.3 is 0 Å². The molecule has 4 nitrogen and oxygen atoms in total. The Hall–Kier alpha value is -1.45. The Kier molecular flexibility index (Phi) is 2.74. The summed E-state index contributed by atoms with van der Waals surface area (Å²) in [7, 11) is 0. The van der Waals surface area contributed by atoms with E-state index in [9.17, 15) is 10.1 Å². The van der Waals surface area contributed by atoms with Crippen LogP contribution in [-0.4, -0.2) is 16.5 Å². The minimum atomic E-state index is -0.329. The van der Waals surface area contributed by atoms with Crippen molar-refractivity contribution in [3.8, 4) is 0 Å². The highest BCUT2D eigenvalue weighted by Gasteiger charge is 2.00. The largest absolute Gasteiger partial charge is 0.265 e. The van der Waals surface area contributed by atoms with Gasteiger partial charge in [-0.25, -0.2) is 0 Å². The van der Waals surface area contributed by atoms with Gasteiger partial charge in [0.15, 0.2) is 0 Å². The highest BCUT2D eigenvalue weighted by molar-refractivity contribution is 5.09. The molecule has 0 spiro atoms. The average Bonchev–Trinajstić information content (AvgIpc) is 2.01. The van der Waals surface area contributed by atoms with Crippen LogP contribution in [0.15, 0.2) is 18.2 Å². The quantitative estimate of drug-likeness (QED) is 0.501. The molecule has 0 saturated heterocycles. The summed E-state index contributed by atoms with van der Waals surface area (Å²) in [4.78, 5) is 13.8. The van der Waals surface area contributed by atoms with Crippen molar-refractivity contribution in [1.29, 1.82) is 0 Å². The molecule has 64 valence electrons. The minimum absolute atomic E-state index is 0.0452. The van der Waals surface area contributed by atoms with Gasteiger partial charge in [0.25, 0.3) is 0 Å². The molecule has 1 aromatic heterocycles. The summed E-state index contributed by atoms with van der Waals surface area (Å²) >= 11 is 0. The molecule has 0 saturated carbocycles. The van der Waals surface area contributed by atoms with E-state index in [-0.39, 0.29) is 11.5 Å². The normalized spacial score (nSPS) is 9.75. The number of hydrogen-bond donors (Lipinski definition) is 0. The van der Waals surface area contributed by atoms with E-state index in [4.69, 9.17) is 0 Å². The summed E-state index contributed by atoms with van der Waals surface area (Å²) in [5, 5.41) is 10.0. The fourth-order valence-electron chi connectivity index (χ4n) is 0.945. The number of rotatable bonds is 3. The first-order valence-corrected chi connectivity index (χ1v) is 3.73. The second-order valence-electron chi connectivity index (χ2n) is 2.58. The number of aromatic nitrogens is 1. The molecule has 0 aliphatic heterocycles. The molecule has 0 N–H and O–H groups in total. The van der Waals surface area contributed by atoms with Crippen molar-refractivity contribution in [2.45, 2.75) is 13.3 Å². The summed E-state index contributed by atoms with van der Waals surface area (Å²) in [5.41, 5.74) is 1.68. The van der Waals surface area contributed by atoms with Gasteiger partial charge >= 0.3 is 0 Å². The van der Waals surface area contributed by atoms with Gasteiger partial charge in [0, 0.05) is 16.3 Å². The Morgan fingerprint density at radius 1 is 1.58 bits per heavy atom. The van der Waals surface area contributed by atoms with Crippen molar-refractivity contribution in [1.82, 2.24) is 4.98 Å². The molecule has 0 aliphatic rings. The summed E-state index contributed by atoms with van der Waals surface area (Å²) in [6, 6.07) is 5.53. The third-order valence-electron chi connectivity index (χ3n) is 1.50. The van der Waals surface area contributed by atoms with Gasteiger partial charge in [0.05, 0.1) is 6.42 Å². The van der Waals surface area contributed by atoms with Crippen LogP contribution in [0.25, 0.3) is 0 Å². The third-order valence-corrected chi connectivity index (χ3v) is 1.50. The molecule has 4 heteroatoms. The van der Waals surface area contributed by atoms with Crippen LogP contribution in [0.3, 0.4) is 0 Å². The molecule has 12 heavy (non-hydrogen) atoms. The van der Waals surface area contributed by atoms with Crippen LogP contribution in [0.1, 0.15) is 11.4 Å². The SMILES string of the molecule is Cc1cccc(CC[N+](=O)[O-])n1. The molecule has 1 rings (SSSR count). The van der Waals surface area contributed by atoms with Crippen LogP contribution in [0.5, 0.6) is 0 Å². The Bertz CT molecular complexity index is 286. The molecule has 0 bridgehead atoms. The summed E-state index contributed by atoms with van der Waals surface area (Å²) < 4.78 is 0. The van der Waals surface area contributed by atoms with Crippen molar-refractivity contribution in [2.75, 3.05) is 6.54 Å². The first-order chi connectivity index (χ1) is 5.68. The van der Waals surface area contributed by atoms with Gasteiger partial charge in [-0.1, -0.05) is 6.07 Å². The van der Waals surface area contributed by atoms with Crippen molar-refractivity contribution in [2.24, 2.45) is 0 Å². The number of hydrogen-bond acceptors (Lipinski definition) is 3. The molecule has 0 fully saturated rings. The zero-order chi connectivity index (χ0) is 8.97. The maximum Gasteiger partial charge on any atom is 0.209 e. The molecule has 1 heterocycles. The highest BCUT2D eigenvalue weighted by Crippen LogP contribution is 1.98. The lowest BCUT2D eigenvalue weighted by Crippen LogP contribution is -2.05. The molecule has 0 radical (unpaired) electrons. The molecule has 0 atom stereocenters. The molecule has 1 aromatic rings. The van der Waals surface area contributed by atoms with Crippen molar-refractivity contribution >= 4 is 0 Å². The van der Waals surface area contributed by atoms with Gasteiger partial charge in [-0.2, -0.15) is 0 Å². The first kappa shape index (κ1) is 8.64. The van der Waals surface area contributed by atoms with Gasteiger partial charge in [0.1, 0.15) is 0 Å². The Morgan fingerprint density at radius 3 is 2.92 bits per heavy atom. The number of pyridine rings is 1. The zero-order valence-electron chi connectivity index (χ0n) is 6.86. The van der Waals surface area contributed by atoms with E-state index in [1.165, 1.54) is 0 Å². The molecule has 0 aliphatic carbocycles. The van der Waals surface area contributed by atoms with E-state index in [1.54, 1.807) is 6.07 Å². The average molecular weight is 166 g/mol. The number of nitro groups is 1. The Labute approximate surface area is 70.4 Å². The van der Waals surface area contributed by atoms with Crippen LogP contribution in [-0.2, 0) is 6.42 Å². The van der Waals surface area contributed by atoms with E-state index in [1.807, 2.05) is 19.1 Å². The summed E-state index contributed by atoms with van der Waals surface area (Å²) in [5.74, 6) is 0. The fraction of sp³-hybridized carbons (Fsp3) is 0.375. The van der Waals surface area contributed by atoms with Gasteiger partial charge in [0.2, 0.25) is 6.54 Å². The maximum absolute atomic E-state index is 10.0. The lowest BCUT2D eigenvalue weighted by molar-refractivity contribution is -0.479. The predicted molar refractivity (Wildman–Crippen MR) is 44.5 cm³/mol. The van der Waals surface area contributed by atoms with Crippen molar-refractivity contribution in [3.63, 3.8) is 0 Å². The molecular formula is C8H10N2O2. The second-order valence-corrected chi connectivity index (χ2v) is 2.58. The third kappa shape index (κ3) is 2.65. The van der Waals surface area contributed by atoms with E-state index in [0.717, 1.165) is 11.4 Å². The Morgan fingerprint density at radius 2 is 2.33 bits per heavy atom. The van der Waals surface area contributed by atoms with Crippen LogP contribution >= 0.6 is 0 Å². The van der Waals surface area contributed by atoms with Crippen molar-refractivity contribution < 1.29 is 4.92 Å². The van der Waals surface area contributed by atoms with E-state index in [2.05, 4.69) is 4.98 Å². The van der Waals surface area contributed by atoms with Gasteiger partial charge in [-0.05, 0) is 19.1 Å². The van der Waals surface area contributed by atoms with Gasteiger partial charge in [-0.15, -0.1) is 0 Å². The number of nitrogens with zero attached hydrogens (tertiary/aromatic N) is 2. The summed E-state index contributed by atoms with van der Waals surface area (Å²) in [6.45, 7) is 1.83. The van der Waals surface area contributed by atoms with E-state index < -0.39 is 0 Å². The number of aryl methyl sites for hydroxylation is 1. The fourth-order valence-corrected chi connectivity index (χ4v) is 0.945. The van der Waals surface area contributed by atoms with E-state index >= 15 is 0 Å². The topological polar surface area (TPSA) is 56.0 Å². The van der Waals surface area contributed by atoms with Gasteiger partial charge in [-0.3, -0.25) is 15.1 Å². The zero-order valence-corrected chi connectivity index (χ0v) is 6.86. The monoisotopic (exact) mass is 166 g/mol. The van der Waals surface area contributed by atoms with Crippen molar-refractivity contribution in [3.05, 3.63) is 39.7 Å². The molecule has 0 amide bonds. The maximum atomic E-state index is 10.0. The standard InChI is InChI=1S/C8H10N2O2/c1-7-3-2-4-8(9-7)5-6-10(11)12/h2-4H,5-6H2,1H3. The first-order valence-electron chi connectivity index (χ1n) is 3.73. The predicted octanol–water partition coefficient (Wildman–Crippen LogP) is 1.21. The molecular weight excluding hydrogens is 156 g/mol. The Balaban J connectivity index is 2.57. The smallest absolute Gasteiger partial charge is 0.209 e. The lowest BCUT2D eigenvalue weighted by Gasteiger charge is -1.96. The lowest BCUT2D eigenvalue weighted by atomic mass is 10.2.